The van der Waals surface area contributed by atoms with E-state index >= 15 is 0 Å². The zero-order valence-corrected chi connectivity index (χ0v) is 13.2. The summed E-state index contributed by atoms with van der Waals surface area (Å²) in [5.74, 6) is -0.736. The molecule has 0 heterocycles. The molecule has 0 spiro atoms. The summed E-state index contributed by atoms with van der Waals surface area (Å²) >= 11 is 0. The van der Waals surface area contributed by atoms with Gasteiger partial charge in [0.1, 0.15) is 0 Å². The summed E-state index contributed by atoms with van der Waals surface area (Å²) in [6.45, 7) is 5.98. The van der Waals surface area contributed by atoms with Crippen molar-refractivity contribution >= 4 is 5.91 Å². The molecule has 0 saturated carbocycles. The third kappa shape index (κ3) is 3.45. The van der Waals surface area contributed by atoms with Gasteiger partial charge in [-0.05, 0) is 55.7 Å². The van der Waals surface area contributed by atoms with Gasteiger partial charge in [-0.3, -0.25) is 4.79 Å². The van der Waals surface area contributed by atoms with E-state index in [1.165, 1.54) is 30.4 Å². The van der Waals surface area contributed by atoms with Crippen LogP contribution in [-0.2, 0) is 0 Å². The first-order valence-corrected chi connectivity index (χ1v) is 7.14. The topological polar surface area (TPSA) is 38.3 Å². The fourth-order valence-electron chi connectivity index (χ4n) is 2.20. The lowest BCUT2D eigenvalue weighted by molar-refractivity contribution is 0.0939. The zero-order valence-electron chi connectivity index (χ0n) is 13.2. The van der Waals surface area contributed by atoms with Gasteiger partial charge in [-0.25, -0.2) is 4.39 Å². The number of hydrogen-bond acceptors (Lipinski definition) is 2. The molecule has 2 rings (SSSR count). The SMILES string of the molecule is COc1ccc(C(=O)N[C@H](C)c2ccc(C)c(C)c2)cc1F. The van der Waals surface area contributed by atoms with E-state index in [0.717, 1.165) is 5.56 Å². The van der Waals surface area contributed by atoms with E-state index in [1.54, 1.807) is 6.07 Å². The number of amides is 1. The van der Waals surface area contributed by atoms with E-state index in [0.29, 0.717) is 0 Å². The Kier molecular flexibility index (Phi) is 4.81. The summed E-state index contributed by atoms with van der Waals surface area (Å²) in [6.07, 6.45) is 0. The van der Waals surface area contributed by atoms with Crippen LogP contribution in [0.3, 0.4) is 0 Å². The van der Waals surface area contributed by atoms with Gasteiger partial charge in [-0.1, -0.05) is 18.2 Å². The van der Waals surface area contributed by atoms with Crippen molar-refractivity contribution in [3.8, 4) is 5.75 Å². The average molecular weight is 301 g/mol. The Bertz CT molecular complexity index is 697. The number of halogens is 1. The van der Waals surface area contributed by atoms with Crippen LogP contribution in [0.25, 0.3) is 0 Å². The number of carbonyl (C=O) groups is 1. The van der Waals surface area contributed by atoms with Gasteiger partial charge in [0.2, 0.25) is 0 Å². The van der Waals surface area contributed by atoms with Gasteiger partial charge >= 0.3 is 0 Å². The Morgan fingerprint density at radius 3 is 2.45 bits per heavy atom. The number of hydrogen-bond donors (Lipinski definition) is 1. The highest BCUT2D eigenvalue weighted by molar-refractivity contribution is 5.94. The monoisotopic (exact) mass is 301 g/mol. The standard InChI is InChI=1S/C18H20FNO2/c1-11-5-6-14(9-12(11)2)13(3)20-18(21)15-7-8-17(22-4)16(19)10-15/h5-10,13H,1-4H3,(H,20,21)/t13-/m1/s1. The van der Waals surface area contributed by atoms with Crippen LogP contribution in [0.4, 0.5) is 4.39 Å². The molecular formula is C18H20FNO2. The maximum atomic E-state index is 13.7. The lowest BCUT2D eigenvalue weighted by atomic mass is 10.0. The number of benzene rings is 2. The minimum atomic E-state index is -0.547. The third-order valence-electron chi connectivity index (χ3n) is 3.79. The van der Waals surface area contributed by atoms with Crippen molar-refractivity contribution in [1.82, 2.24) is 5.32 Å². The fraction of sp³-hybridized carbons (Fsp3) is 0.278. The van der Waals surface area contributed by atoms with Gasteiger partial charge in [0.25, 0.3) is 5.91 Å². The molecule has 0 aliphatic rings. The Balaban J connectivity index is 2.13. The van der Waals surface area contributed by atoms with Crippen molar-refractivity contribution in [3.05, 3.63) is 64.5 Å². The summed E-state index contributed by atoms with van der Waals surface area (Å²) in [5.41, 5.74) is 3.67. The minimum absolute atomic E-state index is 0.124. The number of rotatable bonds is 4. The summed E-state index contributed by atoms with van der Waals surface area (Å²) in [7, 11) is 1.39. The van der Waals surface area contributed by atoms with Crippen LogP contribution in [0.15, 0.2) is 36.4 Å². The molecule has 0 bridgehead atoms. The maximum Gasteiger partial charge on any atom is 0.251 e. The summed E-state index contributed by atoms with van der Waals surface area (Å²) in [4.78, 5) is 12.2. The van der Waals surface area contributed by atoms with E-state index in [2.05, 4.69) is 11.4 Å². The Labute approximate surface area is 130 Å². The minimum Gasteiger partial charge on any atom is -0.494 e. The second kappa shape index (κ2) is 6.60. The van der Waals surface area contributed by atoms with E-state index in [9.17, 15) is 9.18 Å². The van der Waals surface area contributed by atoms with Crippen LogP contribution < -0.4 is 10.1 Å². The molecule has 4 heteroatoms. The van der Waals surface area contributed by atoms with Crippen LogP contribution in [0.2, 0.25) is 0 Å². The molecule has 116 valence electrons. The molecule has 1 atom stereocenters. The quantitative estimate of drug-likeness (QED) is 0.929. The van der Waals surface area contributed by atoms with Gasteiger partial charge in [-0.15, -0.1) is 0 Å². The number of carbonyl (C=O) groups excluding carboxylic acids is 1. The summed E-state index contributed by atoms with van der Waals surface area (Å²) < 4.78 is 18.5. The average Bonchev–Trinajstić information content (AvgIpc) is 2.49. The smallest absolute Gasteiger partial charge is 0.251 e. The van der Waals surface area contributed by atoms with E-state index in [4.69, 9.17) is 4.74 Å². The van der Waals surface area contributed by atoms with Crippen molar-refractivity contribution in [3.63, 3.8) is 0 Å². The highest BCUT2D eigenvalue weighted by Gasteiger charge is 2.14. The van der Waals surface area contributed by atoms with Crippen molar-refractivity contribution in [1.29, 1.82) is 0 Å². The van der Waals surface area contributed by atoms with Gasteiger partial charge in [0.15, 0.2) is 11.6 Å². The molecule has 0 fully saturated rings. The van der Waals surface area contributed by atoms with Crippen molar-refractivity contribution < 1.29 is 13.9 Å². The van der Waals surface area contributed by atoms with E-state index < -0.39 is 5.82 Å². The molecule has 2 aromatic carbocycles. The molecule has 0 aromatic heterocycles. The van der Waals surface area contributed by atoms with Gasteiger partial charge in [0, 0.05) is 5.56 Å². The summed E-state index contributed by atoms with van der Waals surface area (Å²) in [5, 5.41) is 2.88. The molecule has 3 nitrogen and oxygen atoms in total. The molecule has 0 unspecified atom stereocenters. The number of aryl methyl sites for hydroxylation is 2. The zero-order chi connectivity index (χ0) is 16.3. The number of nitrogens with one attached hydrogen (secondary N) is 1. The van der Waals surface area contributed by atoms with Crippen LogP contribution in [0.1, 0.15) is 40.0 Å². The molecule has 0 radical (unpaired) electrons. The summed E-state index contributed by atoms with van der Waals surface area (Å²) in [6, 6.07) is 10.1. The van der Waals surface area contributed by atoms with Crippen molar-refractivity contribution in [2.75, 3.05) is 7.11 Å². The first kappa shape index (κ1) is 16.0. The first-order valence-electron chi connectivity index (χ1n) is 7.14. The molecule has 1 amide bonds. The second-order valence-electron chi connectivity index (χ2n) is 5.39. The van der Waals surface area contributed by atoms with Crippen molar-refractivity contribution in [2.45, 2.75) is 26.8 Å². The van der Waals surface area contributed by atoms with Crippen LogP contribution >= 0.6 is 0 Å². The molecule has 2 aromatic rings. The van der Waals surface area contributed by atoms with Gasteiger partial charge in [-0.2, -0.15) is 0 Å². The fourth-order valence-corrected chi connectivity index (χ4v) is 2.20. The second-order valence-corrected chi connectivity index (χ2v) is 5.39. The largest absolute Gasteiger partial charge is 0.494 e. The third-order valence-corrected chi connectivity index (χ3v) is 3.79. The molecular weight excluding hydrogens is 281 g/mol. The Hall–Kier alpha value is -2.36. The highest BCUT2D eigenvalue weighted by atomic mass is 19.1. The molecule has 0 saturated heterocycles. The van der Waals surface area contributed by atoms with Gasteiger partial charge in [0.05, 0.1) is 13.2 Å². The number of methoxy groups -OCH3 is 1. The Morgan fingerprint density at radius 1 is 1.14 bits per heavy atom. The number of ether oxygens (including phenoxy) is 1. The highest BCUT2D eigenvalue weighted by Crippen LogP contribution is 2.20. The lowest BCUT2D eigenvalue weighted by Crippen LogP contribution is -2.26. The molecule has 1 N–H and O–H groups in total. The molecule has 0 aliphatic heterocycles. The maximum absolute atomic E-state index is 13.7. The predicted octanol–water partition coefficient (Wildman–Crippen LogP) is 3.94. The Morgan fingerprint density at radius 2 is 1.86 bits per heavy atom. The van der Waals surface area contributed by atoms with Crippen LogP contribution in [-0.4, -0.2) is 13.0 Å². The normalized spacial score (nSPS) is 11.9. The lowest BCUT2D eigenvalue weighted by Gasteiger charge is -2.16. The predicted molar refractivity (Wildman–Crippen MR) is 84.7 cm³/mol. The van der Waals surface area contributed by atoms with Gasteiger partial charge < -0.3 is 10.1 Å². The van der Waals surface area contributed by atoms with Crippen LogP contribution in [0.5, 0.6) is 5.75 Å². The van der Waals surface area contributed by atoms with Crippen molar-refractivity contribution in [2.24, 2.45) is 0 Å². The van der Waals surface area contributed by atoms with E-state index in [-0.39, 0.29) is 23.3 Å². The molecule has 22 heavy (non-hydrogen) atoms. The van der Waals surface area contributed by atoms with E-state index in [1.807, 2.05) is 32.9 Å². The first-order chi connectivity index (χ1) is 10.4. The van der Waals surface area contributed by atoms with Crippen LogP contribution in [0, 0.1) is 19.7 Å². The molecule has 0 aliphatic carbocycles.